The minimum atomic E-state index is -0.813. The average Bonchev–Trinajstić information content (AvgIpc) is 3.26. The second kappa shape index (κ2) is 48.7. The minimum Gasteiger partial charge on any atom is -0.462 e. The highest BCUT2D eigenvalue weighted by atomic mass is 16.6. The van der Waals surface area contributed by atoms with Crippen molar-refractivity contribution in [1.29, 1.82) is 0 Å². The fourth-order valence-electron chi connectivity index (χ4n) is 6.12. The van der Waals surface area contributed by atoms with Gasteiger partial charge in [-0.25, -0.2) is 0 Å². The molecule has 0 radical (unpaired) electrons. The van der Waals surface area contributed by atoms with Crippen molar-refractivity contribution in [3.05, 3.63) is 109 Å². The number of hydrogen-bond acceptors (Lipinski definition) is 6. The number of unbranched alkanes of at least 4 members (excludes halogenated alkanes) is 13. The molecule has 0 aliphatic rings. The van der Waals surface area contributed by atoms with Gasteiger partial charge >= 0.3 is 17.9 Å². The predicted octanol–water partition coefficient (Wildman–Crippen LogP) is 16.0. The smallest absolute Gasteiger partial charge is 0.306 e. The van der Waals surface area contributed by atoms with E-state index < -0.39 is 6.10 Å². The van der Waals surface area contributed by atoms with Crippen molar-refractivity contribution in [2.75, 3.05) is 13.2 Å². The summed E-state index contributed by atoms with van der Waals surface area (Å²) < 4.78 is 16.7. The maximum atomic E-state index is 12.7. The highest BCUT2D eigenvalue weighted by Gasteiger charge is 2.19. The molecular formula is C55H88O6. The summed E-state index contributed by atoms with van der Waals surface area (Å²) >= 11 is 0. The van der Waals surface area contributed by atoms with Crippen LogP contribution in [0.1, 0.15) is 201 Å². The molecule has 0 amide bonds. The van der Waals surface area contributed by atoms with E-state index >= 15 is 0 Å². The molecule has 6 heteroatoms. The molecule has 0 bridgehead atoms. The molecule has 0 saturated heterocycles. The molecule has 0 aromatic rings. The Morgan fingerprint density at radius 1 is 0.344 bits per heavy atom. The lowest BCUT2D eigenvalue weighted by molar-refractivity contribution is -0.167. The Morgan fingerprint density at radius 2 is 0.656 bits per heavy atom. The zero-order valence-corrected chi connectivity index (χ0v) is 39.1. The van der Waals surface area contributed by atoms with Crippen LogP contribution in [-0.2, 0) is 28.6 Å². The molecule has 61 heavy (non-hydrogen) atoms. The molecule has 344 valence electrons. The molecule has 0 spiro atoms. The lowest BCUT2D eigenvalue weighted by Crippen LogP contribution is -2.30. The number of carbonyl (C=O) groups excluding carboxylic acids is 3. The van der Waals surface area contributed by atoms with Crippen molar-refractivity contribution in [2.45, 2.75) is 207 Å². The van der Waals surface area contributed by atoms with Crippen LogP contribution >= 0.6 is 0 Å². The number of carbonyl (C=O) groups is 3. The first-order valence-electron chi connectivity index (χ1n) is 24.4. The van der Waals surface area contributed by atoms with Crippen LogP contribution in [-0.4, -0.2) is 37.2 Å². The Hall–Kier alpha value is -3.93. The van der Waals surface area contributed by atoms with E-state index in [9.17, 15) is 14.4 Å². The molecule has 0 N–H and O–H groups in total. The van der Waals surface area contributed by atoms with E-state index in [0.29, 0.717) is 19.3 Å². The number of esters is 3. The van der Waals surface area contributed by atoms with Gasteiger partial charge in [-0.3, -0.25) is 14.4 Å². The zero-order chi connectivity index (χ0) is 44.4. The Balaban J connectivity index is 4.51. The summed E-state index contributed by atoms with van der Waals surface area (Å²) in [4.78, 5) is 37.9. The van der Waals surface area contributed by atoms with Gasteiger partial charge in [0.25, 0.3) is 0 Å². The van der Waals surface area contributed by atoms with Crippen molar-refractivity contribution in [3.8, 4) is 0 Å². The maximum Gasteiger partial charge on any atom is 0.306 e. The Bertz CT molecular complexity index is 1290. The van der Waals surface area contributed by atoms with E-state index in [1.807, 2.05) is 0 Å². The van der Waals surface area contributed by atoms with E-state index in [2.05, 4.69) is 130 Å². The van der Waals surface area contributed by atoms with Crippen LogP contribution < -0.4 is 0 Å². The van der Waals surface area contributed by atoms with Gasteiger partial charge in [-0.2, -0.15) is 0 Å². The Labute approximate surface area is 374 Å². The molecule has 0 unspecified atom stereocenters. The first-order chi connectivity index (χ1) is 30.0. The number of rotatable bonds is 42. The summed E-state index contributed by atoms with van der Waals surface area (Å²) in [6.07, 6.45) is 65.0. The molecule has 0 aromatic carbocycles. The normalized spacial score (nSPS) is 13.0. The van der Waals surface area contributed by atoms with Gasteiger partial charge in [-0.05, 0) is 109 Å². The van der Waals surface area contributed by atoms with Gasteiger partial charge in [0.2, 0.25) is 0 Å². The molecule has 0 fully saturated rings. The number of ether oxygens (including phenoxy) is 3. The molecule has 0 saturated carbocycles. The van der Waals surface area contributed by atoms with Crippen LogP contribution in [0.2, 0.25) is 0 Å². The average molecular weight is 845 g/mol. The lowest BCUT2D eigenvalue weighted by Gasteiger charge is -2.18. The molecule has 1 atom stereocenters. The largest absolute Gasteiger partial charge is 0.462 e. The molecule has 0 heterocycles. The van der Waals surface area contributed by atoms with Crippen molar-refractivity contribution >= 4 is 17.9 Å². The predicted molar refractivity (Wildman–Crippen MR) is 260 cm³/mol. The molecule has 0 rings (SSSR count). The van der Waals surface area contributed by atoms with Crippen molar-refractivity contribution in [3.63, 3.8) is 0 Å². The summed E-state index contributed by atoms with van der Waals surface area (Å²) in [5.74, 6) is -1.01. The van der Waals surface area contributed by atoms with Gasteiger partial charge < -0.3 is 14.2 Å². The summed E-state index contributed by atoms with van der Waals surface area (Å²) in [5.41, 5.74) is 0. The first-order valence-corrected chi connectivity index (χ1v) is 24.4. The molecule has 6 nitrogen and oxygen atoms in total. The third-order valence-corrected chi connectivity index (χ3v) is 9.74. The SMILES string of the molecule is CC/C=C\C/C=C\C/C=C\C/C=C\C/C=C\CCCC(=O)OC[C@H](COC(=O)CCCCCCC/C=C\C/C=C\C/C=C\CC)OC(=O)CCCCCCC/C=C\CCCC. The van der Waals surface area contributed by atoms with Crippen LogP contribution in [0.25, 0.3) is 0 Å². The van der Waals surface area contributed by atoms with E-state index in [1.54, 1.807) is 0 Å². The van der Waals surface area contributed by atoms with Crippen LogP contribution in [0, 0.1) is 0 Å². The van der Waals surface area contributed by atoms with Gasteiger partial charge in [0.1, 0.15) is 13.2 Å². The summed E-state index contributed by atoms with van der Waals surface area (Å²) in [5, 5.41) is 0. The topological polar surface area (TPSA) is 78.9 Å². The van der Waals surface area contributed by atoms with E-state index in [0.717, 1.165) is 128 Å². The van der Waals surface area contributed by atoms with E-state index in [-0.39, 0.29) is 37.5 Å². The second-order valence-corrected chi connectivity index (χ2v) is 15.6. The van der Waals surface area contributed by atoms with Crippen LogP contribution in [0.3, 0.4) is 0 Å². The zero-order valence-electron chi connectivity index (χ0n) is 39.1. The Morgan fingerprint density at radius 3 is 1.08 bits per heavy atom. The third kappa shape index (κ3) is 47.0. The Kier molecular flexibility index (Phi) is 45.6. The first kappa shape index (κ1) is 57.1. The summed E-state index contributed by atoms with van der Waals surface area (Å²) in [6.45, 7) is 6.28. The second-order valence-electron chi connectivity index (χ2n) is 15.6. The fraction of sp³-hybridized carbons (Fsp3) is 0.618. The summed E-state index contributed by atoms with van der Waals surface area (Å²) in [7, 11) is 0. The molecule has 0 aromatic heterocycles. The van der Waals surface area contributed by atoms with Gasteiger partial charge in [-0.15, -0.1) is 0 Å². The number of hydrogen-bond donors (Lipinski definition) is 0. The van der Waals surface area contributed by atoms with Gasteiger partial charge in [0.05, 0.1) is 0 Å². The maximum absolute atomic E-state index is 12.7. The quantitative estimate of drug-likeness (QED) is 0.0264. The summed E-state index contributed by atoms with van der Waals surface area (Å²) in [6, 6.07) is 0. The van der Waals surface area contributed by atoms with E-state index in [4.69, 9.17) is 14.2 Å². The fourth-order valence-corrected chi connectivity index (χ4v) is 6.12. The van der Waals surface area contributed by atoms with Crippen LogP contribution in [0.5, 0.6) is 0 Å². The standard InChI is InChI=1S/C55H88O6/c1-4-7-10-13-16-19-22-24-26-27-29-31-34-36-39-42-45-48-54(57)60-51-52(61-55(58)49-46-43-40-37-32-21-18-15-12-9-6-3)50-59-53(56)47-44-41-38-35-33-30-28-25-23-20-17-14-11-8-5-2/h7-8,10-11,15-20,24-26,28-29,31,36,39,52H,4-6,9,12-14,21-23,27,30,32-35,37-38,40-51H2,1-3H3/b10-7-,11-8-,18-15-,19-16-,20-17-,26-24-,28-25-,31-29-,39-36-/t52-/m0/s1. The van der Waals surface area contributed by atoms with Gasteiger partial charge in [0.15, 0.2) is 6.10 Å². The van der Waals surface area contributed by atoms with Crippen LogP contribution in [0.15, 0.2) is 109 Å². The molecular weight excluding hydrogens is 757 g/mol. The molecule has 0 aliphatic heterocycles. The van der Waals surface area contributed by atoms with Crippen molar-refractivity contribution in [1.82, 2.24) is 0 Å². The monoisotopic (exact) mass is 845 g/mol. The minimum absolute atomic E-state index is 0.110. The highest BCUT2D eigenvalue weighted by Crippen LogP contribution is 2.12. The lowest BCUT2D eigenvalue weighted by atomic mass is 10.1. The third-order valence-electron chi connectivity index (χ3n) is 9.74. The van der Waals surface area contributed by atoms with Crippen molar-refractivity contribution < 1.29 is 28.6 Å². The molecule has 0 aliphatic carbocycles. The van der Waals surface area contributed by atoms with Gasteiger partial charge in [0, 0.05) is 19.3 Å². The van der Waals surface area contributed by atoms with E-state index in [1.165, 1.54) is 25.7 Å². The van der Waals surface area contributed by atoms with Gasteiger partial charge in [-0.1, -0.05) is 182 Å². The van der Waals surface area contributed by atoms with Crippen molar-refractivity contribution in [2.24, 2.45) is 0 Å². The van der Waals surface area contributed by atoms with Crippen LogP contribution in [0.4, 0.5) is 0 Å². The highest BCUT2D eigenvalue weighted by molar-refractivity contribution is 5.71. The number of allylic oxidation sites excluding steroid dienone is 18.